The fraction of sp³-hybridized carbons (Fsp3) is 0.375. The third-order valence-electron chi connectivity index (χ3n) is 3.49. The maximum atomic E-state index is 12.1. The first kappa shape index (κ1) is 21.6. The van der Waals surface area contributed by atoms with E-state index >= 15 is 0 Å². The monoisotopic (exact) mass is 403 g/mol. The summed E-state index contributed by atoms with van der Waals surface area (Å²) in [6.07, 6.45) is 1.20. The molecule has 1 aromatic carbocycles. The molecule has 1 aromatic heterocycles. The number of amides is 1. The minimum atomic E-state index is -3.14. The number of benzene rings is 1. The van der Waals surface area contributed by atoms with Crippen LogP contribution in [-0.2, 0) is 14.6 Å². The zero-order valence-corrected chi connectivity index (χ0v) is 16.7. The van der Waals surface area contributed by atoms with Crippen LogP contribution in [0.4, 0.5) is 5.13 Å². The molecule has 0 saturated carbocycles. The molecule has 2 aromatic rings. The number of nitrogens with one attached hydrogen (secondary N) is 1. The molecule has 138 valence electrons. The Balaban J connectivity index is 0.00000312. The first-order valence-electron chi connectivity index (χ1n) is 7.44. The van der Waals surface area contributed by atoms with E-state index in [2.05, 4.69) is 10.3 Å². The van der Waals surface area contributed by atoms with Crippen LogP contribution >= 0.6 is 23.7 Å². The highest BCUT2D eigenvalue weighted by Gasteiger charge is 2.18. The summed E-state index contributed by atoms with van der Waals surface area (Å²) in [7, 11) is -3.14. The van der Waals surface area contributed by atoms with Gasteiger partial charge in [0.1, 0.15) is 9.84 Å². The van der Waals surface area contributed by atoms with Gasteiger partial charge in [-0.15, -0.1) is 23.7 Å². The lowest BCUT2D eigenvalue weighted by atomic mass is 10.1. The number of anilines is 1. The van der Waals surface area contributed by atoms with Crippen molar-refractivity contribution in [2.75, 3.05) is 17.3 Å². The van der Waals surface area contributed by atoms with Crippen LogP contribution < -0.4 is 11.1 Å². The number of nitrogens with two attached hydrogens (primary N) is 1. The van der Waals surface area contributed by atoms with Gasteiger partial charge in [0.05, 0.1) is 17.5 Å². The zero-order chi connectivity index (χ0) is 17.9. The van der Waals surface area contributed by atoms with Gasteiger partial charge in [-0.25, -0.2) is 13.4 Å². The number of thiazole rings is 1. The second-order valence-corrected chi connectivity index (χ2v) is 9.27. The number of hydrogen-bond donors (Lipinski definition) is 2. The molecular weight excluding hydrogens is 382 g/mol. The summed E-state index contributed by atoms with van der Waals surface area (Å²) >= 11 is 1.37. The molecule has 6 nitrogen and oxygen atoms in total. The van der Waals surface area contributed by atoms with Crippen molar-refractivity contribution in [3.05, 3.63) is 34.7 Å². The Bertz CT molecular complexity index is 833. The molecule has 1 heterocycles. The van der Waals surface area contributed by atoms with Crippen molar-refractivity contribution in [2.45, 2.75) is 26.3 Å². The van der Waals surface area contributed by atoms with Gasteiger partial charge in [-0.2, -0.15) is 0 Å². The molecule has 0 aliphatic heterocycles. The number of hydrogen-bond acceptors (Lipinski definition) is 6. The molecular formula is C16H22ClN3O3S2. The Morgan fingerprint density at radius 3 is 2.44 bits per heavy atom. The fourth-order valence-electron chi connectivity index (χ4n) is 2.10. The Morgan fingerprint density at radius 2 is 1.88 bits per heavy atom. The molecule has 1 atom stereocenters. The lowest BCUT2D eigenvalue weighted by Gasteiger charge is -2.09. The number of halogens is 1. The summed E-state index contributed by atoms with van der Waals surface area (Å²) in [5.41, 5.74) is 8.71. The molecule has 2 rings (SSSR count). The Hall–Kier alpha value is -1.48. The van der Waals surface area contributed by atoms with Crippen molar-refractivity contribution in [3.63, 3.8) is 0 Å². The normalized spacial score (nSPS) is 12.3. The number of aryl methyl sites for hydroxylation is 2. The van der Waals surface area contributed by atoms with Crippen LogP contribution in [0.25, 0.3) is 11.3 Å². The van der Waals surface area contributed by atoms with Gasteiger partial charge in [-0.3, -0.25) is 4.79 Å². The Labute approximate surface area is 158 Å². The predicted molar refractivity (Wildman–Crippen MR) is 105 cm³/mol. The van der Waals surface area contributed by atoms with Crippen LogP contribution in [0.5, 0.6) is 0 Å². The van der Waals surface area contributed by atoms with Crippen molar-refractivity contribution in [2.24, 2.45) is 5.73 Å². The average Bonchev–Trinajstić information content (AvgIpc) is 2.85. The van der Waals surface area contributed by atoms with Crippen LogP contribution in [0, 0.1) is 13.8 Å². The number of nitrogens with zero attached hydrogens (tertiary/aromatic N) is 1. The highest BCUT2D eigenvalue weighted by molar-refractivity contribution is 7.90. The zero-order valence-electron chi connectivity index (χ0n) is 14.3. The summed E-state index contributed by atoms with van der Waals surface area (Å²) in [6.45, 7) is 3.95. The third kappa shape index (κ3) is 6.39. The molecule has 1 unspecified atom stereocenters. The standard InChI is InChI=1S/C16H21N3O3S2.ClH/c1-10-4-6-12(7-5-10)14-11(2)23-16(18-14)19-15(20)13(17)8-9-24(3,21)22;/h4-7,13H,8-9,17H2,1-3H3,(H,18,19,20);1H. The first-order chi connectivity index (χ1) is 11.2. The van der Waals surface area contributed by atoms with Gasteiger partial charge in [-0.05, 0) is 20.3 Å². The topological polar surface area (TPSA) is 102 Å². The van der Waals surface area contributed by atoms with Gasteiger partial charge in [-0.1, -0.05) is 29.8 Å². The summed E-state index contributed by atoms with van der Waals surface area (Å²) in [4.78, 5) is 17.5. The van der Waals surface area contributed by atoms with E-state index in [1.165, 1.54) is 11.3 Å². The van der Waals surface area contributed by atoms with E-state index in [0.29, 0.717) is 5.13 Å². The summed E-state index contributed by atoms with van der Waals surface area (Å²) in [5.74, 6) is -0.546. The molecule has 0 saturated heterocycles. The number of carbonyl (C=O) groups excluding carboxylic acids is 1. The number of rotatable bonds is 6. The van der Waals surface area contributed by atoms with Crippen LogP contribution in [0.2, 0.25) is 0 Å². The molecule has 0 fully saturated rings. The van der Waals surface area contributed by atoms with Crippen LogP contribution in [0.1, 0.15) is 16.9 Å². The van der Waals surface area contributed by atoms with Crippen LogP contribution in [0.15, 0.2) is 24.3 Å². The predicted octanol–water partition coefficient (Wildman–Crippen LogP) is 2.55. The van der Waals surface area contributed by atoms with E-state index in [0.717, 1.165) is 28.0 Å². The molecule has 0 aliphatic rings. The smallest absolute Gasteiger partial charge is 0.243 e. The SMILES string of the molecule is Cc1ccc(-c2nc(NC(=O)C(N)CCS(C)(=O)=O)sc2C)cc1.Cl. The van der Waals surface area contributed by atoms with Crippen LogP contribution in [-0.4, -0.2) is 37.4 Å². The minimum Gasteiger partial charge on any atom is -0.320 e. The highest BCUT2D eigenvalue weighted by atomic mass is 35.5. The molecule has 0 bridgehead atoms. The molecule has 25 heavy (non-hydrogen) atoms. The molecule has 9 heteroatoms. The largest absolute Gasteiger partial charge is 0.320 e. The van der Waals surface area contributed by atoms with Gasteiger partial charge in [0, 0.05) is 16.7 Å². The van der Waals surface area contributed by atoms with Crippen molar-refractivity contribution in [1.82, 2.24) is 4.98 Å². The lowest BCUT2D eigenvalue weighted by Crippen LogP contribution is -2.37. The molecule has 0 spiro atoms. The fourth-order valence-corrected chi connectivity index (χ4v) is 3.62. The van der Waals surface area contributed by atoms with Gasteiger partial charge in [0.2, 0.25) is 5.91 Å². The van der Waals surface area contributed by atoms with E-state index < -0.39 is 21.8 Å². The van der Waals surface area contributed by atoms with Crippen LogP contribution in [0.3, 0.4) is 0 Å². The maximum absolute atomic E-state index is 12.1. The summed E-state index contributed by atoms with van der Waals surface area (Å²) < 4.78 is 22.3. The van der Waals surface area contributed by atoms with Crippen molar-refractivity contribution < 1.29 is 13.2 Å². The minimum absolute atomic E-state index is 0. The second kappa shape index (κ2) is 8.75. The molecule has 0 radical (unpaired) electrons. The number of carbonyl (C=O) groups is 1. The van der Waals surface area contributed by atoms with Gasteiger partial charge < -0.3 is 11.1 Å². The van der Waals surface area contributed by atoms with E-state index in [1.807, 2.05) is 38.1 Å². The second-order valence-electron chi connectivity index (χ2n) is 5.80. The van der Waals surface area contributed by atoms with Crippen molar-refractivity contribution >= 4 is 44.6 Å². The molecule has 0 aliphatic carbocycles. The van der Waals surface area contributed by atoms with Crippen molar-refractivity contribution in [1.29, 1.82) is 0 Å². The molecule has 1 amide bonds. The van der Waals surface area contributed by atoms with Gasteiger partial charge in [0.15, 0.2) is 5.13 Å². The Morgan fingerprint density at radius 1 is 1.28 bits per heavy atom. The Kier molecular flexibility index (Phi) is 7.55. The van der Waals surface area contributed by atoms with Crippen molar-refractivity contribution in [3.8, 4) is 11.3 Å². The highest BCUT2D eigenvalue weighted by Crippen LogP contribution is 2.30. The van der Waals surface area contributed by atoms with Gasteiger partial charge in [0.25, 0.3) is 0 Å². The van der Waals surface area contributed by atoms with E-state index in [-0.39, 0.29) is 24.6 Å². The molecule has 3 N–H and O–H groups in total. The number of aromatic nitrogens is 1. The third-order valence-corrected chi connectivity index (χ3v) is 5.35. The van der Waals surface area contributed by atoms with E-state index in [9.17, 15) is 13.2 Å². The maximum Gasteiger partial charge on any atom is 0.243 e. The van der Waals surface area contributed by atoms with E-state index in [4.69, 9.17) is 5.73 Å². The van der Waals surface area contributed by atoms with E-state index in [1.54, 1.807) is 0 Å². The first-order valence-corrected chi connectivity index (χ1v) is 10.3. The summed E-state index contributed by atoms with van der Waals surface area (Å²) in [6, 6.07) is 7.11. The quantitative estimate of drug-likeness (QED) is 0.771. The van der Waals surface area contributed by atoms with Gasteiger partial charge >= 0.3 is 0 Å². The summed E-state index contributed by atoms with van der Waals surface area (Å²) in [5, 5.41) is 3.13. The lowest BCUT2D eigenvalue weighted by molar-refractivity contribution is -0.117. The average molecular weight is 404 g/mol. The number of sulfone groups is 1.